The molecule has 0 aliphatic carbocycles. The van der Waals surface area contributed by atoms with E-state index in [0.29, 0.717) is 6.54 Å². The maximum atomic E-state index is 5.89. The van der Waals surface area contributed by atoms with Crippen molar-refractivity contribution < 1.29 is 4.74 Å². The molecule has 1 atom stereocenters. The highest BCUT2D eigenvalue weighted by Crippen LogP contribution is 2.31. The molecule has 3 nitrogen and oxygen atoms in total. The van der Waals surface area contributed by atoms with E-state index in [9.17, 15) is 0 Å². The smallest absolute Gasteiger partial charge is 0.133 e. The molecule has 18 heavy (non-hydrogen) atoms. The molecule has 0 radical (unpaired) electrons. The van der Waals surface area contributed by atoms with E-state index in [1.807, 2.05) is 24.3 Å². The van der Waals surface area contributed by atoms with E-state index in [1.54, 1.807) is 19.5 Å². The van der Waals surface area contributed by atoms with E-state index < -0.39 is 0 Å². The minimum atomic E-state index is 0.176. The highest BCUT2D eigenvalue weighted by Gasteiger charge is 2.13. The van der Waals surface area contributed by atoms with Crippen LogP contribution < -0.4 is 10.5 Å². The lowest BCUT2D eigenvalue weighted by molar-refractivity contribution is 0.412. The number of hydrogen-bond donors (Lipinski definition) is 1. The van der Waals surface area contributed by atoms with E-state index in [2.05, 4.69) is 27.0 Å². The summed E-state index contributed by atoms with van der Waals surface area (Å²) in [4.78, 5) is 4.03. The van der Waals surface area contributed by atoms with Gasteiger partial charge >= 0.3 is 0 Å². The van der Waals surface area contributed by atoms with Crippen molar-refractivity contribution in [2.45, 2.75) is 5.92 Å². The van der Waals surface area contributed by atoms with E-state index in [0.717, 1.165) is 15.8 Å². The maximum absolute atomic E-state index is 5.89. The second kappa shape index (κ2) is 5.98. The molecular formula is C14H15BrN2O. The first-order valence-electron chi connectivity index (χ1n) is 5.69. The highest BCUT2D eigenvalue weighted by atomic mass is 79.9. The Bertz CT molecular complexity index is 516. The van der Waals surface area contributed by atoms with Crippen molar-refractivity contribution in [2.75, 3.05) is 13.7 Å². The van der Waals surface area contributed by atoms with Crippen molar-refractivity contribution in [1.82, 2.24) is 4.98 Å². The summed E-state index contributed by atoms with van der Waals surface area (Å²) in [7, 11) is 1.66. The zero-order valence-electron chi connectivity index (χ0n) is 10.1. The van der Waals surface area contributed by atoms with Gasteiger partial charge in [-0.1, -0.05) is 6.07 Å². The van der Waals surface area contributed by atoms with Crippen LogP contribution in [0.5, 0.6) is 5.75 Å². The minimum Gasteiger partial charge on any atom is -0.496 e. The van der Waals surface area contributed by atoms with Gasteiger partial charge in [0.1, 0.15) is 5.75 Å². The Morgan fingerprint density at radius 3 is 2.50 bits per heavy atom. The molecule has 2 aromatic rings. The van der Waals surface area contributed by atoms with Gasteiger partial charge in [0.25, 0.3) is 0 Å². The van der Waals surface area contributed by atoms with Crippen LogP contribution in [0, 0.1) is 0 Å². The molecule has 0 fully saturated rings. The molecule has 1 aromatic carbocycles. The summed E-state index contributed by atoms with van der Waals surface area (Å²) in [5.74, 6) is 0.999. The fourth-order valence-corrected chi connectivity index (χ4v) is 2.52. The van der Waals surface area contributed by atoms with Crippen LogP contribution in [-0.2, 0) is 0 Å². The lowest BCUT2D eigenvalue weighted by Crippen LogP contribution is -2.13. The van der Waals surface area contributed by atoms with E-state index in [1.165, 1.54) is 5.56 Å². The van der Waals surface area contributed by atoms with Gasteiger partial charge in [0.2, 0.25) is 0 Å². The molecule has 0 spiro atoms. The van der Waals surface area contributed by atoms with Gasteiger partial charge in [-0.05, 0) is 51.3 Å². The van der Waals surface area contributed by atoms with Crippen molar-refractivity contribution >= 4 is 15.9 Å². The molecule has 1 heterocycles. The molecule has 0 saturated heterocycles. The van der Waals surface area contributed by atoms with E-state index >= 15 is 0 Å². The Balaban J connectivity index is 2.37. The number of halogens is 1. The van der Waals surface area contributed by atoms with Crippen LogP contribution in [0.1, 0.15) is 17.0 Å². The topological polar surface area (TPSA) is 48.1 Å². The van der Waals surface area contributed by atoms with Crippen LogP contribution >= 0.6 is 15.9 Å². The van der Waals surface area contributed by atoms with Gasteiger partial charge in [-0.3, -0.25) is 4.98 Å². The van der Waals surface area contributed by atoms with Gasteiger partial charge in [0.15, 0.2) is 0 Å². The minimum absolute atomic E-state index is 0.176. The van der Waals surface area contributed by atoms with Crippen LogP contribution in [0.3, 0.4) is 0 Å². The van der Waals surface area contributed by atoms with Crippen LogP contribution in [-0.4, -0.2) is 18.6 Å². The standard InChI is InChI=1S/C14H15BrN2O/c1-18-14-3-2-11(8-13(14)15)12(9-16)10-4-6-17-7-5-10/h2-8,12H,9,16H2,1H3. The number of aromatic nitrogens is 1. The number of hydrogen-bond acceptors (Lipinski definition) is 3. The number of methoxy groups -OCH3 is 1. The highest BCUT2D eigenvalue weighted by molar-refractivity contribution is 9.10. The third-order valence-corrected chi connectivity index (χ3v) is 3.54. The van der Waals surface area contributed by atoms with Gasteiger partial charge in [-0.25, -0.2) is 0 Å². The Kier molecular flexibility index (Phi) is 4.33. The Morgan fingerprint density at radius 1 is 1.22 bits per heavy atom. The first kappa shape index (κ1) is 13.1. The quantitative estimate of drug-likeness (QED) is 0.945. The predicted molar refractivity (Wildman–Crippen MR) is 75.8 cm³/mol. The molecular weight excluding hydrogens is 292 g/mol. The lowest BCUT2D eigenvalue weighted by atomic mass is 9.92. The van der Waals surface area contributed by atoms with E-state index in [-0.39, 0.29) is 5.92 Å². The van der Waals surface area contributed by atoms with Gasteiger partial charge < -0.3 is 10.5 Å². The van der Waals surface area contributed by atoms with Gasteiger partial charge in [-0.2, -0.15) is 0 Å². The Morgan fingerprint density at radius 2 is 1.94 bits per heavy atom. The first-order valence-corrected chi connectivity index (χ1v) is 6.49. The SMILES string of the molecule is COc1ccc(C(CN)c2ccncc2)cc1Br. The lowest BCUT2D eigenvalue weighted by Gasteiger charge is -2.16. The molecule has 0 aliphatic rings. The Hall–Kier alpha value is -1.39. The maximum Gasteiger partial charge on any atom is 0.133 e. The summed E-state index contributed by atoms with van der Waals surface area (Å²) < 4.78 is 6.17. The van der Waals surface area contributed by atoms with Crippen molar-refractivity contribution in [3.05, 3.63) is 58.3 Å². The van der Waals surface area contributed by atoms with Gasteiger partial charge in [-0.15, -0.1) is 0 Å². The van der Waals surface area contributed by atoms with Crippen LogP contribution in [0.2, 0.25) is 0 Å². The van der Waals surface area contributed by atoms with Crippen LogP contribution in [0.15, 0.2) is 47.2 Å². The van der Waals surface area contributed by atoms with Crippen molar-refractivity contribution in [3.8, 4) is 5.75 Å². The first-order chi connectivity index (χ1) is 8.76. The van der Waals surface area contributed by atoms with Crippen LogP contribution in [0.4, 0.5) is 0 Å². The molecule has 2 rings (SSSR count). The summed E-state index contributed by atoms with van der Waals surface area (Å²) in [6.45, 7) is 0.558. The molecule has 0 saturated carbocycles. The summed E-state index contributed by atoms with van der Waals surface area (Å²) in [6, 6.07) is 10.0. The van der Waals surface area contributed by atoms with Gasteiger partial charge in [0.05, 0.1) is 11.6 Å². The summed E-state index contributed by atoms with van der Waals surface area (Å²) in [5.41, 5.74) is 8.22. The average molecular weight is 307 g/mol. The molecule has 1 unspecified atom stereocenters. The fraction of sp³-hybridized carbons (Fsp3) is 0.214. The number of pyridine rings is 1. The number of rotatable bonds is 4. The largest absolute Gasteiger partial charge is 0.496 e. The predicted octanol–water partition coefficient (Wildman–Crippen LogP) is 2.94. The number of benzene rings is 1. The fourth-order valence-electron chi connectivity index (χ4n) is 1.96. The number of nitrogens with zero attached hydrogens (tertiary/aromatic N) is 1. The van der Waals surface area contributed by atoms with Crippen molar-refractivity contribution in [3.63, 3.8) is 0 Å². The molecule has 4 heteroatoms. The Labute approximate surface area is 115 Å². The summed E-state index contributed by atoms with van der Waals surface area (Å²) in [5, 5.41) is 0. The third kappa shape index (κ3) is 2.71. The second-order valence-corrected chi connectivity index (χ2v) is 4.82. The van der Waals surface area contributed by atoms with Crippen molar-refractivity contribution in [2.24, 2.45) is 5.73 Å². The monoisotopic (exact) mass is 306 g/mol. The molecule has 2 N–H and O–H groups in total. The molecule has 94 valence electrons. The van der Waals surface area contributed by atoms with Crippen LogP contribution in [0.25, 0.3) is 0 Å². The molecule has 0 bridgehead atoms. The zero-order chi connectivity index (χ0) is 13.0. The second-order valence-electron chi connectivity index (χ2n) is 3.96. The zero-order valence-corrected chi connectivity index (χ0v) is 11.7. The number of ether oxygens (including phenoxy) is 1. The van der Waals surface area contributed by atoms with E-state index in [4.69, 9.17) is 10.5 Å². The molecule has 0 aliphatic heterocycles. The third-order valence-electron chi connectivity index (χ3n) is 2.92. The normalized spacial score (nSPS) is 12.2. The molecule has 0 amide bonds. The average Bonchev–Trinajstić information content (AvgIpc) is 2.41. The van der Waals surface area contributed by atoms with Gasteiger partial charge in [0, 0.05) is 24.9 Å². The number of nitrogens with two attached hydrogens (primary N) is 1. The summed E-state index contributed by atoms with van der Waals surface area (Å²) >= 11 is 3.50. The summed E-state index contributed by atoms with van der Waals surface area (Å²) in [6.07, 6.45) is 3.58. The molecule has 1 aromatic heterocycles. The van der Waals surface area contributed by atoms with Crippen molar-refractivity contribution in [1.29, 1.82) is 0 Å².